The highest BCUT2D eigenvalue weighted by Crippen LogP contribution is 2.34. The number of hydrogen-bond acceptors (Lipinski definition) is 5. The lowest BCUT2D eigenvalue weighted by Gasteiger charge is -2.30. The Hall–Kier alpha value is -3.16. The molecule has 2 atom stereocenters. The molecule has 0 bridgehead atoms. The van der Waals surface area contributed by atoms with E-state index >= 15 is 0 Å². The largest absolute Gasteiger partial charge is 0.362 e. The summed E-state index contributed by atoms with van der Waals surface area (Å²) in [6.45, 7) is 0.512. The van der Waals surface area contributed by atoms with E-state index < -0.39 is 5.91 Å². The first-order chi connectivity index (χ1) is 14.0. The van der Waals surface area contributed by atoms with Crippen molar-refractivity contribution in [2.45, 2.75) is 25.7 Å². The Morgan fingerprint density at radius 2 is 1.55 bits per heavy atom. The molecule has 0 aromatic heterocycles. The van der Waals surface area contributed by atoms with Crippen LogP contribution in [0.5, 0.6) is 0 Å². The number of likely N-dealkylation sites (tertiary alicyclic amines) is 1. The molecule has 152 valence electrons. The number of hydrogen-bond donors (Lipinski definition) is 2. The van der Waals surface area contributed by atoms with Crippen molar-refractivity contribution in [3.05, 3.63) is 42.0 Å². The number of anilines is 1. The van der Waals surface area contributed by atoms with Gasteiger partial charge in [0.05, 0.1) is 18.4 Å². The van der Waals surface area contributed by atoms with E-state index in [9.17, 15) is 19.2 Å². The van der Waals surface area contributed by atoms with Gasteiger partial charge < -0.3 is 4.90 Å². The molecule has 8 heteroatoms. The number of imide groups is 1. The average molecular weight is 396 g/mol. The molecule has 4 amide bonds. The van der Waals surface area contributed by atoms with Crippen LogP contribution >= 0.6 is 0 Å². The van der Waals surface area contributed by atoms with Crippen LogP contribution in [0, 0.1) is 11.8 Å². The molecule has 2 aliphatic heterocycles. The van der Waals surface area contributed by atoms with Gasteiger partial charge in [-0.05, 0) is 37.3 Å². The Labute approximate surface area is 168 Å². The van der Waals surface area contributed by atoms with Crippen molar-refractivity contribution in [1.82, 2.24) is 15.8 Å². The van der Waals surface area contributed by atoms with Gasteiger partial charge in [0.1, 0.15) is 6.54 Å². The Kier molecular flexibility index (Phi) is 5.33. The number of carbonyl (C=O) groups is 4. The van der Waals surface area contributed by atoms with Crippen molar-refractivity contribution in [3.63, 3.8) is 0 Å². The van der Waals surface area contributed by atoms with E-state index in [2.05, 4.69) is 16.9 Å². The zero-order valence-corrected chi connectivity index (χ0v) is 16.1. The summed E-state index contributed by atoms with van der Waals surface area (Å²) in [5.74, 6) is -2.30. The van der Waals surface area contributed by atoms with Gasteiger partial charge >= 0.3 is 0 Å². The molecular formula is C21H24N4O4. The van der Waals surface area contributed by atoms with Crippen molar-refractivity contribution in [1.29, 1.82) is 0 Å². The highest BCUT2D eigenvalue weighted by molar-refractivity contribution is 6.07. The quantitative estimate of drug-likeness (QED) is 0.440. The number of hydrazine groups is 1. The molecule has 1 aliphatic carbocycles. The first kappa shape index (κ1) is 19.2. The summed E-state index contributed by atoms with van der Waals surface area (Å²) in [6.07, 6.45) is 6.81. The lowest BCUT2D eigenvalue weighted by Crippen LogP contribution is -2.50. The van der Waals surface area contributed by atoms with Crippen LogP contribution < -0.4 is 15.8 Å². The van der Waals surface area contributed by atoms with E-state index in [-0.39, 0.29) is 42.6 Å². The summed E-state index contributed by atoms with van der Waals surface area (Å²) in [5.41, 5.74) is 6.94. The van der Waals surface area contributed by atoms with Crippen LogP contribution in [0.15, 0.2) is 36.4 Å². The molecule has 1 aromatic rings. The fourth-order valence-corrected chi connectivity index (χ4v) is 4.34. The zero-order valence-electron chi connectivity index (χ0n) is 16.1. The molecular weight excluding hydrogens is 372 g/mol. The predicted octanol–water partition coefficient (Wildman–Crippen LogP) is 0.538. The zero-order chi connectivity index (χ0) is 20.4. The average Bonchev–Trinajstić information content (AvgIpc) is 2.98. The Morgan fingerprint density at radius 1 is 0.931 bits per heavy atom. The molecule has 0 saturated carbocycles. The van der Waals surface area contributed by atoms with E-state index in [1.54, 1.807) is 0 Å². The van der Waals surface area contributed by atoms with Crippen molar-refractivity contribution in [3.8, 4) is 0 Å². The molecule has 0 radical (unpaired) electrons. The Balaban J connectivity index is 1.28. The normalized spacial score (nSPS) is 22.9. The highest BCUT2D eigenvalue weighted by Gasteiger charge is 2.47. The number of aryl methyl sites for hydroxylation is 1. The van der Waals surface area contributed by atoms with Gasteiger partial charge in [-0.1, -0.05) is 30.4 Å². The maximum atomic E-state index is 12.4. The number of para-hydroxylation sites is 1. The van der Waals surface area contributed by atoms with Gasteiger partial charge in [-0.3, -0.25) is 34.9 Å². The molecule has 3 aliphatic rings. The summed E-state index contributed by atoms with van der Waals surface area (Å²) in [7, 11) is 0. The van der Waals surface area contributed by atoms with Gasteiger partial charge in [0, 0.05) is 12.2 Å². The summed E-state index contributed by atoms with van der Waals surface area (Å²) >= 11 is 0. The first-order valence-corrected chi connectivity index (χ1v) is 9.95. The molecule has 0 unspecified atom stereocenters. The number of amides is 4. The van der Waals surface area contributed by atoms with Crippen LogP contribution in [0.1, 0.15) is 24.8 Å². The second-order valence-corrected chi connectivity index (χ2v) is 7.67. The van der Waals surface area contributed by atoms with Gasteiger partial charge in [-0.2, -0.15) is 0 Å². The third-order valence-corrected chi connectivity index (χ3v) is 5.78. The SMILES string of the molecule is O=C(CN1C(=O)[C@@H]2CC=CC[C@H]2C1=O)NNC(=O)CN1CCCc2ccccc21. The first-order valence-electron chi connectivity index (χ1n) is 9.95. The van der Waals surface area contributed by atoms with E-state index in [0.717, 1.165) is 30.0 Å². The second-order valence-electron chi connectivity index (χ2n) is 7.67. The number of rotatable bonds is 4. The van der Waals surface area contributed by atoms with E-state index in [1.165, 1.54) is 5.56 Å². The minimum Gasteiger partial charge on any atom is -0.362 e. The molecule has 8 nitrogen and oxygen atoms in total. The van der Waals surface area contributed by atoms with Crippen LogP contribution in [0.3, 0.4) is 0 Å². The minimum absolute atomic E-state index is 0.120. The van der Waals surface area contributed by atoms with E-state index in [4.69, 9.17) is 0 Å². The number of benzene rings is 1. The van der Waals surface area contributed by atoms with Gasteiger partial charge in [0.2, 0.25) is 11.8 Å². The van der Waals surface area contributed by atoms with Gasteiger partial charge in [0.15, 0.2) is 0 Å². The van der Waals surface area contributed by atoms with Crippen LogP contribution in [0.25, 0.3) is 0 Å². The summed E-state index contributed by atoms with van der Waals surface area (Å²) in [5, 5.41) is 0. The van der Waals surface area contributed by atoms with Crippen molar-refractivity contribution in [2.24, 2.45) is 11.8 Å². The molecule has 1 fully saturated rings. The second kappa shape index (κ2) is 8.06. The molecule has 4 rings (SSSR count). The topological polar surface area (TPSA) is 98.8 Å². The molecule has 1 saturated heterocycles. The summed E-state index contributed by atoms with van der Waals surface area (Å²) in [6, 6.07) is 7.96. The van der Waals surface area contributed by atoms with Crippen LogP contribution in [0.2, 0.25) is 0 Å². The molecule has 29 heavy (non-hydrogen) atoms. The van der Waals surface area contributed by atoms with Crippen LogP contribution in [-0.2, 0) is 25.6 Å². The van der Waals surface area contributed by atoms with Gasteiger partial charge in [0.25, 0.3) is 11.8 Å². The van der Waals surface area contributed by atoms with Crippen molar-refractivity contribution >= 4 is 29.3 Å². The van der Waals surface area contributed by atoms with Crippen molar-refractivity contribution in [2.75, 3.05) is 24.5 Å². The van der Waals surface area contributed by atoms with E-state index in [0.29, 0.717) is 12.8 Å². The lowest BCUT2D eigenvalue weighted by molar-refractivity contribution is -0.144. The Morgan fingerprint density at radius 3 is 2.24 bits per heavy atom. The van der Waals surface area contributed by atoms with E-state index in [1.807, 2.05) is 35.3 Å². The van der Waals surface area contributed by atoms with Crippen LogP contribution in [0.4, 0.5) is 5.69 Å². The summed E-state index contributed by atoms with van der Waals surface area (Å²) in [4.78, 5) is 52.2. The smallest absolute Gasteiger partial charge is 0.258 e. The fraction of sp³-hybridized carbons (Fsp3) is 0.429. The van der Waals surface area contributed by atoms with Gasteiger partial charge in [-0.25, -0.2) is 0 Å². The molecule has 0 spiro atoms. The Bertz CT molecular complexity index is 855. The fourth-order valence-electron chi connectivity index (χ4n) is 4.34. The molecule has 2 heterocycles. The number of nitrogens with one attached hydrogen (secondary N) is 2. The summed E-state index contributed by atoms with van der Waals surface area (Å²) < 4.78 is 0. The van der Waals surface area contributed by atoms with Crippen LogP contribution in [-0.4, -0.2) is 48.2 Å². The number of allylic oxidation sites excluding steroid dienone is 2. The number of fused-ring (bicyclic) bond motifs is 2. The predicted molar refractivity (Wildman–Crippen MR) is 105 cm³/mol. The lowest BCUT2D eigenvalue weighted by atomic mass is 9.85. The minimum atomic E-state index is -0.592. The molecule has 1 aromatic carbocycles. The molecule has 2 N–H and O–H groups in total. The number of carbonyl (C=O) groups excluding carboxylic acids is 4. The standard InChI is InChI=1S/C21H24N4O4/c26-18(12-24-11-5-7-14-6-1-4-10-17(14)24)22-23-19(27)13-25-20(28)15-8-2-3-9-16(15)21(25)29/h1-4,6,10,15-16H,5,7-9,11-13H2,(H,22,26)(H,23,27)/t15-,16-/m1/s1. The van der Waals surface area contributed by atoms with Crippen molar-refractivity contribution < 1.29 is 19.2 Å². The maximum Gasteiger partial charge on any atom is 0.258 e. The third-order valence-electron chi connectivity index (χ3n) is 5.78. The monoisotopic (exact) mass is 396 g/mol. The maximum absolute atomic E-state index is 12.4. The number of nitrogens with zero attached hydrogens (tertiary/aromatic N) is 2. The highest BCUT2D eigenvalue weighted by atomic mass is 16.2. The van der Waals surface area contributed by atoms with Gasteiger partial charge in [-0.15, -0.1) is 0 Å². The third kappa shape index (κ3) is 3.87.